The minimum atomic E-state index is -3.44. The number of nitrogens with one attached hydrogen (secondary N) is 1. The van der Waals surface area contributed by atoms with E-state index >= 15 is 0 Å². The van der Waals surface area contributed by atoms with E-state index in [1.165, 1.54) is 0 Å². The minimum Gasteiger partial charge on any atom is -0.482 e. The summed E-state index contributed by atoms with van der Waals surface area (Å²) in [7, 11) is -3.44. The number of nitrogens with zero attached hydrogens (tertiary/aromatic N) is 1. The highest BCUT2D eigenvalue weighted by atomic mass is 35.5. The Morgan fingerprint density at radius 3 is 2.71 bits per heavy atom. The van der Waals surface area contributed by atoms with Gasteiger partial charge in [0.05, 0.1) is 5.02 Å². The number of carbonyl (C=O) groups excluding carboxylic acids is 1. The summed E-state index contributed by atoms with van der Waals surface area (Å²) in [5, 5.41) is 1.37. The normalized spacial score (nSPS) is 16.0. The molecule has 0 atom stereocenters. The van der Waals surface area contributed by atoms with E-state index in [0.29, 0.717) is 36.7 Å². The number of rotatable bonds is 6. The zero-order valence-electron chi connectivity index (χ0n) is 13.5. The predicted molar refractivity (Wildman–Crippen MR) is 93.5 cm³/mol. The van der Waals surface area contributed by atoms with Gasteiger partial charge >= 0.3 is 0 Å². The molecule has 1 aromatic carbocycles. The second kappa shape index (κ2) is 8.00. The topological polar surface area (TPSA) is 75.7 Å². The predicted octanol–water partition coefficient (Wildman–Crippen LogP) is 2.08. The maximum absolute atomic E-state index is 12.2. The van der Waals surface area contributed by atoms with Crippen LogP contribution < -0.4 is 9.46 Å². The van der Waals surface area contributed by atoms with Gasteiger partial charge in [0, 0.05) is 24.5 Å². The van der Waals surface area contributed by atoms with Crippen LogP contribution in [0.2, 0.25) is 5.02 Å². The van der Waals surface area contributed by atoms with Gasteiger partial charge in [-0.15, -0.1) is 0 Å². The summed E-state index contributed by atoms with van der Waals surface area (Å²) < 4.78 is 30.9. The Balaban J connectivity index is 1.81. The molecule has 1 saturated heterocycles. The van der Waals surface area contributed by atoms with Gasteiger partial charge in [-0.25, -0.2) is 13.1 Å². The zero-order chi connectivity index (χ0) is 17.7. The van der Waals surface area contributed by atoms with E-state index in [1.54, 1.807) is 17.0 Å². The number of hydrogen-bond donors (Lipinski definition) is 1. The Hall–Kier alpha value is -1.57. The molecule has 1 N–H and O–H groups in total. The number of amides is 1. The molecular weight excluding hydrogens is 352 g/mol. The number of likely N-dealkylation sites (tertiary alicyclic amines) is 1. The van der Waals surface area contributed by atoms with Gasteiger partial charge in [0.25, 0.3) is 5.91 Å². The smallest absolute Gasteiger partial charge is 0.260 e. The van der Waals surface area contributed by atoms with Crippen molar-refractivity contribution in [2.75, 3.05) is 19.7 Å². The maximum atomic E-state index is 12.2. The van der Waals surface area contributed by atoms with Crippen molar-refractivity contribution in [1.29, 1.82) is 0 Å². The molecule has 6 nitrogen and oxygen atoms in total. The molecular formula is C16H21ClN2O4S. The van der Waals surface area contributed by atoms with Gasteiger partial charge in [0.1, 0.15) is 5.75 Å². The van der Waals surface area contributed by atoms with Gasteiger partial charge in [-0.2, -0.15) is 0 Å². The van der Waals surface area contributed by atoms with E-state index in [2.05, 4.69) is 11.3 Å². The van der Waals surface area contributed by atoms with Crippen molar-refractivity contribution in [3.63, 3.8) is 0 Å². The number of piperidine rings is 1. The van der Waals surface area contributed by atoms with E-state index in [0.717, 1.165) is 11.0 Å². The first-order chi connectivity index (χ1) is 11.3. The van der Waals surface area contributed by atoms with Crippen LogP contribution in [0.1, 0.15) is 18.4 Å². The molecule has 8 heteroatoms. The van der Waals surface area contributed by atoms with Crippen molar-refractivity contribution in [2.24, 2.45) is 0 Å². The van der Waals surface area contributed by atoms with Crippen LogP contribution in [0.4, 0.5) is 0 Å². The van der Waals surface area contributed by atoms with Crippen molar-refractivity contribution < 1.29 is 17.9 Å². The summed E-state index contributed by atoms with van der Waals surface area (Å²) in [5.41, 5.74) is 1.02. The lowest BCUT2D eigenvalue weighted by atomic mass is 10.1. The van der Waals surface area contributed by atoms with E-state index in [4.69, 9.17) is 16.3 Å². The van der Waals surface area contributed by atoms with Crippen molar-refractivity contribution in [2.45, 2.75) is 25.8 Å². The fourth-order valence-corrected chi connectivity index (χ4v) is 3.57. The second-order valence-electron chi connectivity index (χ2n) is 5.71. The summed E-state index contributed by atoms with van der Waals surface area (Å²) in [6.45, 7) is 6.06. The highest BCUT2D eigenvalue weighted by Gasteiger charge is 2.25. The average molecular weight is 373 g/mol. The standard InChI is InChI=1S/C16H21ClN2O4S/c1-3-24(21,22)18-13-6-8-19(9-7-13)16(20)11-23-15-5-4-12(2)10-14(15)17/h3-5,10,13,18H,1,6-9,11H2,2H3. The fraction of sp³-hybridized carbons (Fsp3) is 0.438. The molecule has 0 aliphatic carbocycles. The number of ether oxygens (including phenoxy) is 1. The van der Waals surface area contributed by atoms with E-state index in [9.17, 15) is 13.2 Å². The van der Waals surface area contributed by atoms with Crippen LogP contribution in [0.3, 0.4) is 0 Å². The Morgan fingerprint density at radius 2 is 2.12 bits per heavy atom. The van der Waals surface area contributed by atoms with Crippen LogP contribution in [0, 0.1) is 6.92 Å². The molecule has 0 spiro atoms. The third kappa shape index (κ3) is 5.22. The minimum absolute atomic E-state index is 0.0914. The lowest BCUT2D eigenvalue weighted by molar-refractivity contribution is -0.134. The number of sulfonamides is 1. The maximum Gasteiger partial charge on any atom is 0.260 e. The van der Waals surface area contributed by atoms with Gasteiger partial charge in [0.15, 0.2) is 6.61 Å². The third-order valence-electron chi connectivity index (χ3n) is 3.84. The largest absolute Gasteiger partial charge is 0.482 e. The van der Waals surface area contributed by atoms with E-state index in [-0.39, 0.29) is 18.6 Å². The molecule has 1 aliphatic heterocycles. The molecule has 132 valence electrons. The molecule has 1 aliphatic rings. The number of halogens is 1. The van der Waals surface area contributed by atoms with Crippen LogP contribution in [0.15, 0.2) is 30.2 Å². The number of hydrogen-bond acceptors (Lipinski definition) is 4. The van der Waals surface area contributed by atoms with E-state index < -0.39 is 10.0 Å². The van der Waals surface area contributed by atoms with Crippen molar-refractivity contribution >= 4 is 27.5 Å². The Labute approximate surface area is 147 Å². The monoisotopic (exact) mass is 372 g/mol. The molecule has 2 rings (SSSR count). The lowest BCUT2D eigenvalue weighted by Crippen LogP contribution is -2.47. The van der Waals surface area contributed by atoms with Crippen LogP contribution >= 0.6 is 11.6 Å². The summed E-state index contributed by atoms with van der Waals surface area (Å²) >= 11 is 6.07. The van der Waals surface area contributed by atoms with Gasteiger partial charge in [-0.3, -0.25) is 4.79 Å². The van der Waals surface area contributed by atoms with Gasteiger partial charge in [-0.05, 0) is 37.5 Å². The SMILES string of the molecule is C=CS(=O)(=O)NC1CCN(C(=O)COc2ccc(C)cc2Cl)CC1. The highest BCUT2D eigenvalue weighted by Crippen LogP contribution is 2.25. The summed E-state index contributed by atoms with van der Waals surface area (Å²) in [6.07, 6.45) is 1.12. The summed E-state index contributed by atoms with van der Waals surface area (Å²) in [4.78, 5) is 13.9. The second-order valence-corrected chi connectivity index (χ2v) is 7.77. The Morgan fingerprint density at radius 1 is 1.46 bits per heavy atom. The van der Waals surface area contributed by atoms with Crippen LogP contribution in [0.25, 0.3) is 0 Å². The van der Waals surface area contributed by atoms with E-state index in [1.807, 2.05) is 13.0 Å². The van der Waals surface area contributed by atoms with Crippen molar-refractivity contribution in [3.8, 4) is 5.75 Å². The third-order valence-corrected chi connectivity index (χ3v) is 5.23. The molecule has 0 unspecified atom stereocenters. The Bertz CT molecular complexity index is 713. The summed E-state index contributed by atoms with van der Waals surface area (Å²) in [6, 6.07) is 5.20. The molecule has 0 radical (unpaired) electrons. The summed E-state index contributed by atoms with van der Waals surface area (Å²) in [5.74, 6) is 0.334. The molecule has 0 saturated carbocycles. The highest BCUT2D eigenvalue weighted by molar-refractivity contribution is 7.92. The van der Waals surface area contributed by atoms with Crippen LogP contribution in [0.5, 0.6) is 5.75 Å². The lowest BCUT2D eigenvalue weighted by Gasteiger charge is -2.32. The molecule has 0 aromatic heterocycles. The van der Waals surface area contributed by atoms with Gasteiger partial charge < -0.3 is 9.64 Å². The first-order valence-electron chi connectivity index (χ1n) is 7.62. The average Bonchev–Trinajstić information content (AvgIpc) is 2.54. The molecule has 1 amide bonds. The van der Waals surface area contributed by atoms with Crippen molar-refractivity contribution in [1.82, 2.24) is 9.62 Å². The number of carbonyl (C=O) groups is 1. The van der Waals surface area contributed by atoms with Crippen LogP contribution in [-0.2, 0) is 14.8 Å². The first kappa shape index (κ1) is 18.8. The van der Waals surface area contributed by atoms with Gasteiger partial charge in [0.2, 0.25) is 10.0 Å². The van der Waals surface area contributed by atoms with Gasteiger partial charge in [-0.1, -0.05) is 24.2 Å². The first-order valence-corrected chi connectivity index (χ1v) is 9.54. The molecule has 1 heterocycles. The zero-order valence-corrected chi connectivity index (χ0v) is 15.1. The quantitative estimate of drug-likeness (QED) is 0.829. The molecule has 0 bridgehead atoms. The van der Waals surface area contributed by atoms with Crippen LogP contribution in [-0.4, -0.2) is 45.0 Å². The molecule has 24 heavy (non-hydrogen) atoms. The Kier molecular flexibility index (Phi) is 6.26. The number of benzene rings is 1. The fourth-order valence-electron chi connectivity index (χ4n) is 2.48. The molecule has 1 aromatic rings. The van der Waals surface area contributed by atoms with Crippen molar-refractivity contribution in [3.05, 3.63) is 40.8 Å². The number of aryl methyl sites for hydroxylation is 1. The molecule has 1 fully saturated rings.